The number of ether oxygens (including phenoxy) is 2. The fourth-order valence-corrected chi connectivity index (χ4v) is 1.49. The maximum Gasteiger partial charge on any atom is 0.344 e. The standard InChI is InChI=1S/C14H21NO3/c1-4-13(15)11-5-7-12(8-6-11)17-9-14(16)18-10(2)3/h5-8,10,13H,4,9,15H2,1-3H3/t13-/m0/s1. The van der Waals surface area contributed by atoms with Crippen LogP contribution in [0, 0.1) is 0 Å². The number of carbonyl (C=O) groups excluding carboxylic acids is 1. The number of carbonyl (C=O) groups is 1. The second-order valence-corrected chi connectivity index (χ2v) is 4.41. The van der Waals surface area contributed by atoms with Crippen LogP contribution in [0.2, 0.25) is 0 Å². The van der Waals surface area contributed by atoms with E-state index in [1.165, 1.54) is 0 Å². The van der Waals surface area contributed by atoms with Crippen LogP contribution in [0.3, 0.4) is 0 Å². The van der Waals surface area contributed by atoms with Gasteiger partial charge in [-0.05, 0) is 38.0 Å². The van der Waals surface area contributed by atoms with Crippen molar-refractivity contribution < 1.29 is 14.3 Å². The average Bonchev–Trinajstić information content (AvgIpc) is 2.35. The molecule has 1 aromatic rings. The van der Waals surface area contributed by atoms with Crippen molar-refractivity contribution in [1.29, 1.82) is 0 Å². The minimum atomic E-state index is -0.362. The summed E-state index contributed by atoms with van der Waals surface area (Å²) >= 11 is 0. The van der Waals surface area contributed by atoms with Gasteiger partial charge in [0, 0.05) is 6.04 Å². The number of nitrogens with two attached hydrogens (primary N) is 1. The molecule has 0 spiro atoms. The number of esters is 1. The van der Waals surface area contributed by atoms with Crippen molar-refractivity contribution in [2.45, 2.75) is 39.3 Å². The smallest absolute Gasteiger partial charge is 0.344 e. The van der Waals surface area contributed by atoms with Gasteiger partial charge in [0.25, 0.3) is 0 Å². The number of rotatable bonds is 6. The fraction of sp³-hybridized carbons (Fsp3) is 0.500. The Morgan fingerprint density at radius 3 is 2.39 bits per heavy atom. The topological polar surface area (TPSA) is 61.5 Å². The van der Waals surface area contributed by atoms with Crippen LogP contribution in [0.25, 0.3) is 0 Å². The van der Waals surface area contributed by atoms with Crippen molar-refractivity contribution in [1.82, 2.24) is 0 Å². The third kappa shape index (κ3) is 4.75. The van der Waals surface area contributed by atoms with Gasteiger partial charge in [0.15, 0.2) is 6.61 Å². The number of hydrogen-bond donors (Lipinski definition) is 1. The highest BCUT2D eigenvalue weighted by molar-refractivity contribution is 5.71. The van der Waals surface area contributed by atoms with Gasteiger partial charge in [0.2, 0.25) is 0 Å². The predicted octanol–water partition coefficient (Wildman–Crippen LogP) is 2.43. The first-order chi connectivity index (χ1) is 8.52. The van der Waals surface area contributed by atoms with E-state index >= 15 is 0 Å². The molecule has 1 rings (SSSR count). The largest absolute Gasteiger partial charge is 0.482 e. The van der Waals surface area contributed by atoms with E-state index in [4.69, 9.17) is 15.2 Å². The second-order valence-electron chi connectivity index (χ2n) is 4.41. The Bertz CT molecular complexity index is 373. The van der Waals surface area contributed by atoms with Crippen molar-refractivity contribution in [3.05, 3.63) is 29.8 Å². The van der Waals surface area contributed by atoms with E-state index in [1.807, 2.05) is 31.2 Å². The van der Waals surface area contributed by atoms with Crippen LogP contribution in [-0.4, -0.2) is 18.7 Å². The molecule has 0 fully saturated rings. The molecule has 0 aromatic heterocycles. The summed E-state index contributed by atoms with van der Waals surface area (Å²) in [6, 6.07) is 7.50. The molecule has 0 unspecified atom stereocenters. The van der Waals surface area contributed by atoms with E-state index in [-0.39, 0.29) is 24.7 Å². The SMILES string of the molecule is CC[C@H](N)c1ccc(OCC(=O)OC(C)C)cc1. The molecule has 0 aliphatic heterocycles. The Hall–Kier alpha value is -1.55. The Labute approximate surface area is 108 Å². The zero-order valence-electron chi connectivity index (χ0n) is 11.2. The summed E-state index contributed by atoms with van der Waals surface area (Å²) in [5, 5.41) is 0. The van der Waals surface area contributed by atoms with E-state index in [9.17, 15) is 4.79 Å². The van der Waals surface area contributed by atoms with Crippen molar-refractivity contribution in [3.63, 3.8) is 0 Å². The molecule has 4 nitrogen and oxygen atoms in total. The van der Waals surface area contributed by atoms with Crippen molar-refractivity contribution in [2.24, 2.45) is 5.73 Å². The van der Waals surface area contributed by atoms with Crippen molar-refractivity contribution >= 4 is 5.97 Å². The lowest BCUT2D eigenvalue weighted by Gasteiger charge is -2.11. The molecule has 0 saturated heterocycles. The Balaban J connectivity index is 2.46. The summed E-state index contributed by atoms with van der Waals surface area (Å²) in [6.45, 7) is 5.58. The van der Waals surface area contributed by atoms with Gasteiger partial charge in [-0.1, -0.05) is 19.1 Å². The van der Waals surface area contributed by atoms with E-state index in [2.05, 4.69) is 0 Å². The lowest BCUT2D eigenvalue weighted by Crippen LogP contribution is -2.18. The zero-order valence-corrected chi connectivity index (χ0v) is 11.2. The van der Waals surface area contributed by atoms with Crippen LogP contribution < -0.4 is 10.5 Å². The Morgan fingerprint density at radius 1 is 1.28 bits per heavy atom. The number of benzene rings is 1. The molecular weight excluding hydrogens is 230 g/mol. The summed E-state index contributed by atoms with van der Waals surface area (Å²) in [5.74, 6) is 0.280. The third-order valence-corrected chi connectivity index (χ3v) is 2.47. The van der Waals surface area contributed by atoms with Crippen molar-refractivity contribution in [3.8, 4) is 5.75 Å². The third-order valence-electron chi connectivity index (χ3n) is 2.47. The van der Waals surface area contributed by atoms with E-state index in [1.54, 1.807) is 13.8 Å². The minimum absolute atomic E-state index is 0.0463. The summed E-state index contributed by atoms with van der Waals surface area (Å²) in [6.07, 6.45) is 0.770. The van der Waals surface area contributed by atoms with Gasteiger partial charge in [-0.25, -0.2) is 4.79 Å². The van der Waals surface area contributed by atoms with E-state index in [0.717, 1.165) is 12.0 Å². The summed E-state index contributed by atoms with van der Waals surface area (Å²) in [4.78, 5) is 11.3. The highest BCUT2D eigenvalue weighted by atomic mass is 16.6. The first kappa shape index (κ1) is 14.5. The maximum absolute atomic E-state index is 11.3. The fourth-order valence-electron chi connectivity index (χ4n) is 1.49. The highest BCUT2D eigenvalue weighted by Gasteiger charge is 2.07. The average molecular weight is 251 g/mol. The molecule has 18 heavy (non-hydrogen) atoms. The molecule has 0 amide bonds. The Morgan fingerprint density at radius 2 is 1.89 bits per heavy atom. The predicted molar refractivity (Wildman–Crippen MR) is 70.4 cm³/mol. The first-order valence-corrected chi connectivity index (χ1v) is 6.20. The molecule has 0 saturated carbocycles. The molecule has 0 heterocycles. The van der Waals surface area contributed by atoms with Crippen LogP contribution in [0.15, 0.2) is 24.3 Å². The van der Waals surface area contributed by atoms with Gasteiger partial charge >= 0.3 is 5.97 Å². The first-order valence-electron chi connectivity index (χ1n) is 6.20. The molecule has 100 valence electrons. The second kappa shape index (κ2) is 7.01. The monoisotopic (exact) mass is 251 g/mol. The zero-order chi connectivity index (χ0) is 13.5. The summed E-state index contributed by atoms with van der Waals surface area (Å²) in [7, 11) is 0. The van der Waals surface area contributed by atoms with Gasteiger partial charge in [0.1, 0.15) is 5.75 Å². The lowest BCUT2D eigenvalue weighted by molar-refractivity contribution is -0.149. The van der Waals surface area contributed by atoms with Gasteiger partial charge in [-0.15, -0.1) is 0 Å². The van der Waals surface area contributed by atoms with Gasteiger partial charge in [-0.3, -0.25) is 0 Å². The van der Waals surface area contributed by atoms with Crippen LogP contribution in [0.5, 0.6) is 5.75 Å². The summed E-state index contributed by atoms with van der Waals surface area (Å²) in [5.41, 5.74) is 6.97. The van der Waals surface area contributed by atoms with Gasteiger partial charge in [-0.2, -0.15) is 0 Å². The van der Waals surface area contributed by atoms with Crippen LogP contribution in [0.1, 0.15) is 38.8 Å². The highest BCUT2D eigenvalue weighted by Crippen LogP contribution is 2.18. The summed E-state index contributed by atoms with van der Waals surface area (Å²) < 4.78 is 10.3. The van der Waals surface area contributed by atoms with Gasteiger partial charge < -0.3 is 15.2 Å². The maximum atomic E-state index is 11.3. The molecule has 1 aromatic carbocycles. The lowest BCUT2D eigenvalue weighted by atomic mass is 10.1. The van der Waals surface area contributed by atoms with Crippen molar-refractivity contribution in [2.75, 3.05) is 6.61 Å². The molecular formula is C14H21NO3. The van der Waals surface area contributed by atoms with E-state index in [0.29, 0.717) is 5.75 Å². The molecule has 0 aliphatic rings. The normalized spacial score (nSPS) is 12.3. The molecule has 2 N–H and O–H groups in total. The molecule has 1 atom stereocenters. The number of hydrogen-bond acceptors (Lipinski definition) is 4. The quantitative estimate of drug-likeness (QED) is 0.789. The minimum Gasteiger partial charge on any atom is -0.482 e. The molecule has 4 heteroatoms. The van der Waals surface area contributed by atoms with Crippen LogP contribution in [0.4, 0.5) is 0 Å². The molecule has 0 aliphatic carbocycles. The van der Waals surface area contributed by atoms with Gasteiger partial charge in [0.05, 0.1) is 6.10 Å². The molecule has 0 radical (unpaired) electrons. The Kier molecular flexibility index (Phi) is 5.65. The van der Waals surface area contributed by atoms with E-state index < -0.39 is 0 Å². The van der Waals surface area contributed by atoms with Crippen LogP contribution >= 0.6 is 0 Å². The molecule has 0 bridgehead atoms. The van der Waals surface area contributed by atoms with Crippen LogP contribution in [-0.2, 0) is 9.53 Å².